The Morgan fingerprint density at radius 1 is 1.25 bits per heavy atom. The van der Waals surface area contributed by atoms with Crippen LogP contribution in [0.5, 0.6) is 0 Å². The summed E-state index contributed by atoms with van der Waals surface area (Å²) in [5.74, 6) is -0.616. The molecule has 0 heterocycles. The fourth-order valence-electron chi connectivity index (χ4n) is 0.459. The van der Waals surface area contributed by atoms with Crippen LogP contribution in [-0.2, 0) is 18.4 Å². The van der Waals surface area contributed by atoms with Gasteiger partial charge < -0.3 is 9.05 Å². The van der Waals surface area contributed by atoms with E-state index < -0.39 is 19.2 Å². The summed E-state index contributed by atoms with van der Waals surface area (Å²) in [6.45, 7) is 1.12. The van der Waals surface area contributed by atoms with E-state index >= 15 is 0 Å². The number of rotatable bonds is 3. The lowest BCUT2D eigenvalue weighted by Crippen LogP contribution is -2.27. The van der Waals surface area contributed by atoms with Crippen molar-refractivity contribution in [1.29, 1.82) is 0 Å². The van der Waals surface area contributed by atoms with Crippen LogP contribution in [0.2, 0.25) is 0 Å². The lowest BCUT2D eigenvalue weighted by Gasteiger charge is -2.10. The van der Waals surface area contributed by atoms with Gasteiger partial charge in [0.25, 0.3) is 0 Å². The van der Waals surface area contributed by atoms with Crippen LogP contribution in [-0.4, -0.2) is 25.8 Å². The molecule has 6 nitrogen and oxygen atoms in total. The van der Waals surface area contributed by atoms with Crippen molar-refractivity contribution in [3.63, 3.8) is 0 Å². The van der Waals surface area contributed by atoms with Gasteiger partial charge in [-0.05, 0) is 0 Å². The molecule has 0 unspecified atom stereocenters. The Balaban J connectivity index is 4.44. The van der Waals surface area contributed by atoms with Crippen LogP contribution in [0.15, 0.2) is 0 Å². The van der Waals surface area contributed by atoms with Gasteiger partial charge in [-0.25, -0.2) is 4.57 Å². The van der Waals surface area contributed by atoms with Crippen molar-refractivity contribution in [3.8, 4) is 0 Å². The molecule has 7 heteroatoms. The van der Waals surface area contributed by atoms with Crippen LogP contribution < -0.4 is 5.32 Å². The first-order valence-corrected chi connectivity index (χ1v) is 4.54. The van der Waals surface area contributed by atoms with Gasteiger partial charge in [0.2, 0.25) is 5.91 Å². The Morgan fingerprint density at radius 2 is 1.67 bits per heavy atom. The van der Waals surface area contributed by atoms with E-state index in [0.717, 1.165) is 21.1 Å². The summed E-state index contributed by atoms with van der Waals surface area (Å²) in [4.78, 5) is 21.3. The minimum absolute atomic E-state index is 0.616. The molecular formula is C5H10NO5P. The first-order chi connectivity index (χ1) is 5.46. The van der Waals surface area contributed by atoms with Gasteiger partial charge in [0.15, 0.2) is 0 Å². The maximum absolute atomic E-state index is 11.2. The zero-order valence-corrected chi connectivity index (χ0v) is 7.88. The average molecular weight is 195 g/mol. The van der Waals surface area contributed by atoms with E-state index in [0.29, 0.717) is 0 Å². The number of hydrogen-bond acceptors (Lipinski definition) is 5. The standard InChI is InChI=1S/C5H10NO5P/c1-4(7)6-5(8)12(9,10-2)11-3/h1-3H3,(H,6,7,8). The van der Waals surface area contributed by atoms with Crippen molar-refractivity contribution in [2.75, 3.05) is 14.2 Å². The highest BCUT2D eigenvalue weighted by Gasteiger charge is 2.32. The molecule has 0 aromatic rings. The maximum Gasteiger partial charge on any atom is 0.418 e. The summed E-state index contributed by atoms with van der Waals surface area (Å²) >= 11 is 0. The molecule has 0 rings (SSSR count). The fraction of sp³-hybridized carbons (Fsp3) is 0.600. The molecule has 2 amide bonds. The number of imide groups is 1. The maximum atomic E-state index is 11.2. The smallest absolute Gasteiger partial charge is 0.305 e. The van der Waals surface area contributed by atoms with Gasteiger partial charge in [-0.15, -0.1) is 0 Å². The Hall–Kier alpha value is -0.710. The van der Waals surface area contributed by atoms with Gasteiger partial charge in [-0.3, -0.25) is 14.9 Å². The molecule has 0 spiro atoms. The highest BCUT2D eigenvalue weighted by atomic mass is 31.2. The van der Waals surface area contributed by atoms with Gasteiger partial charge in [-0.2, -0.15) is 0 Å². The SMILES string of the molecule is COP(=O)(OC)C(=O)NC(C)=O. The molecule has 0 saturated heterocycles. The van der Waals surface area contributed by atoms with E-state index in [1.165, 1.54) is 0 Å². The van der Waals surface area contributed by atoms with Gasteiger partial charge in [0.05, 0.1) is 0 Å². The Morgan fingerprint density at radius 3 is 1.92 bits per heavy atom. The highest BCUT2D eigenvalue weighted by molar-refractivity contribution is 7.71. The first kappa shape index (κ1) is 11.3. The molecule has 0 atom stereocenters. The number of hydrogen-bond donors (Lipinski definition) is 1. The summed E-state index contributed by atoms with van der Waals surface area (Å²) in [7, 11) is -1.68. The third-order valence-electron chi connectivity index (χ3n) is 1.01. The molecule has 0 aliphatic carbocycles. The number of amides is 2. The van der Waals surface area contributed by atoms with E-state index in [1.807, 2.05) is 0 Å². The lowest BCUT2D eigenvalue weighted by molar-refractivity contribution is -0.117. The molecule has 0 aliphatic heterocycles. The minimum Gasteiger partial charge on any atom is -0.305 e. The largest absolute Gasteiger partial charge is 0.418 e. The monoisotopic (exact) mass is 195 g/mol. The number of nitrogens with one attached hydrogen (secondary N) is 1. The van der Waals surface area contributed by atoms with Crippen LogP contribution in [0.1, 0.15) is 6.92 Å². The normalized spacial score (nSPS) is 10.9. The highest BCUT2D eigenvalue weighted by Crippen LogP contribution is 2.46. The number of carbonyl (C=O) groups is 2. The van der Waals surface area contributed by atoms with Crippen LogP contribution in [0.3, 0.4) is 0 Å². The van der Waals surface area contributed by atoms with E-state index in [1.54, 1.807) is 5.32 Å². The summed E-state index contributed by atoms with van der Waals surface area (Å²) in [5, 5.41) is 1.79. The molecule has 0 aromatic carbocycles. The predicted molar refractivity (Wildman–Crippen MR) is 40.8 cm³/mol. The molecule has 1 N–H and O–H groups in total. The second-order valence-corrected chi connectivity index (χ2v) is 3.98. The minimum atomic E-state index is -3.80. The average Bonchev–Trinajstić information content (AvgIpc) is 2.02. The second kappa shape index (κ2) is 4.35. The van der Waals surface area contributed by atoms with Crippen LogP contribution in [0.4, 0.5) is 4.79 Å². The van der Waals surface area contributed by atoms with Crippen molar-refractivity contribution < 1.29 is 23.2 Å². The van der Waals surface area contributed by atoms with E-state index in [4.69, 9.17) is 0 Å². The molecule has 12 heavy (non-hydrogen) atoms. The van der Waals surface area contributed by atoms with Gasteiger partial charge in [0, 0.05) is 21.1 Å². The number of carbonyl (C=O) groups excluding carboxylic acids is 2. The summed E-state index contributed by atoms with van der Waals surface area (Å²) < 4.78 is 19.8. The molecular weight excluding hydrogens is 185 g/mol. The summed E-state index contributed by atoms with van der Waals surface area (Å²) in [6.07, 6.45) is 0. The van der Waals surface area contributed by atoms with Gasteiger partial charge in [-0.1, -0.05) is 0 Å². The van der Waals surface area contributed by atoms with Crippen molar-refractivity contribution in [1.82, 2.24) is 5.32 Å². The molecule has 0 bridgehead atoms. The zero-order valence-electron chi connectivity index (χ0n) is 6.99. The van der Waals surface area contributed by atoms with Crippen LogP contribution >= 0.6 is 7.60 Å². The van der Waals surface area contributed by atoms with Crippen LogP contribution in [0.25, 0.3) is 0 Å². The van der Waals surface area contributed by atoms with Crippen molar-refractivity contribution in [2.45, 2.75) is 6.92 Å². The van der Waals surface area contributed by atoms with Crippen molar-refractivity contribution >= 4 is 19.2 Å². The second-order valence-electron chi connectivity index (χ2n) is 1.85. The molecule has 0 aliphatic rings. The summed E-state index contributed by atoms with van der Waals surface area (Å²) in [6, 6.07) is 0. The molecule has 0 fully saturated rings. The van der Waals surface area contributed by atoms with Gasteiger partial charge >= 0.3 is 13.2 Å². The van der Waals surface area contributed by atoms with E-state index in [-0.39, 0.29) is 0 Å². The predicted octanol–water partition coefficient (Wildman–Crippen LogP) is 0.728. The molecule has 70 valence electrons. The first-order valence-electron chi connectivity index (χ1n) is 3.00. The van der Waals surface area contributed by atoms with E-state index in [9.17, 15) is 14.2 Å². The topological polar surface area (TPSA) is 81.7 Å². The molecule has 0 saturated carbocycles. The van der Waals surface area contributed by atoms with Gasteiger partial charge in [0.1, 0.15) is 0 Å². The summed E-state index contributed by atoms with van der Waals surface area (Å²) in [5.41, 5.74) is -1.06. The molecule has 0 aromatic heterocycles. The van der Waals surface area contributed by atoms with Crippen molar-refractivity contribution in [3.05, 3.63) is 0 Å². The fourth-order valence-corrected chi connectivity index (χ4v) is 1.23. The molecule has 0 radical (unpaired) electrons. The Kier molecular flexibility index (Phi) is 4.09. The third-order valence-corrected chi connectivity index (χ3v) is 2.58. The quantitative estimate of drug-likeness (QED) is 0.671. The Labute approximate surface area is 69.8 Å². The van der Waals surface area contributed by atoms with Crippen LogP contribution in [0, 0.1) is 0 Å². The Bertz CT molecular complexity index is 230. The zero-order chi connectivity index (χ0) is 9.78. The third kappa shape index (κ3) is 2.73. The lowest BCUT2D eigenvalue weighted by atomic mass is 10.7. The van der Waals surface area contributed by atoms with E-state index in [2.05, 4.69) is 9.05 Å². The van der Waals surface area contributed by atoms with Crippen molar-refractivity contribution in [2.24, 2.45) is 0 Å².